The van der Waals surface area contributed by atoms with Crippen molar-refractivity contribution in [2.45, 2.75) is 31.8 Å². The lowest BCUT2D eigenvalue weighted by molar-refractivity contribution is 0.0696. The summed E-state index contributed by atoms with van der Waals surface area (Å²) in [6, 6.07) is 17.9. The van der Waals surface area contributed by atoms with E-state index in [-0.39, 0.29) is 28.0 Å². The highest BCUT2D eigenvalue weighted by Gasteiger charge is 2.35. The van der Waals surface area contributed by atoms with Gasteiger partial charge in [0.15, 0.2) is 11.6 Å². The number of aromatic carboxylic acids is 1. The molecule has 0 aliphatic heterocycles. The molecule has 3 aromatic carbocycles. The van der Waals surface area contributed by atoms with Gasteiger partial charge in [-0.1, -0.05) is 71.7 Å². The van der Waals surface area contributed by atoms with Crippen LogP contribution in [0.2, 0.25) is 10.0 Å². The molecule has 1 amide bonds. The van der Waals surface area contributed by atoms with Crippen LogP contribution in [0, 0.1) is 5.82 Å². The second-order valence-corrected chi connectivity index (χ2v) is 9.75. The van der Waals surface area contributed by atoms with Crippen LogP contribution in [0.3, 0.4) is 0 Å². The second kappa shape index (κ2) is 10.5. The van der Waals surface area contributed by atoms with Gasteiger partial charge in [-0.25, -0.2) is 18.7 Å². The number of nitrogens with zero attached hydrogens (tertiary/aromatic N) is 2. The fourth-order valence-electron chi connectivity index (χ4n) is 4.48. The zero-order chi connectivity index (χ0) is 27.0. The summed E-state index contributed by atoms with van der Waals surface area (Å²) in [6.07, 6.45) is 0.830. The number of carboxylic acids is 1. The minimum absolute atomic E-state index is 0.0166. The Hall–Kier alpha value is -3.88. The monoisotopic (exact) mass is 553 g/mol. The molecule has 0 unspecified atom stereocenters. The zero-order valence-electron chi connectivity index (χ0n) is 20.1. The highest BCUT2D eigenvalue weighted by atomic mass is 35.5. The summed E-state index contributed by atoms with van der Waals surface area (Å²) in [4.78, 5) is 25.2. The van der Waals surface area contributed by atoms with Crippen LogP contribution in [0.5, 0.6) is 0 Å². The van der Waals surface area contributed by atoms with Crippen molar-refractivity contribution in [2.24, 2.45) is 0 Å². The van der Waals surface area contributed by atoms with Crippen LogP contribution in [0.25, 0.3) is 16.8 Å². The molecule has 5 rings (SSSR count). The first kappa shape index (κ1) is 25.8. The number of anilines is 1. The lowest BCUT2D eigenvalue weighted by Gasteiger charge is -2.21. The van der Waals surface area contributed by atoms with E-state index in [0.29, 0.717) is 16.1 Å². The predicted molar refractivity (Wildman–Crippen MR) is 143 cm³/mol. The molecule has 1 aliphatic rings. The fraction of sp³-hybridized carbons (Fsp3) is 0.179. The molecular formula is C28H22Cl2FN3O4. The van der Waals surface area contributed by atoms with Crippen LogP contribution in [0.4, 0.5) is 15.0 Å². The van der Waals surface area contributed by atoms with E-state index in [0.717, 1.165) is 34.8 Å². The molecule has 4 aromatic rings. The fourth-order valence-corrected chi connectivity index (χ4v) is 5.05. The number of benzene rings is 3. The Morgan fingerprint density at radius 1 is 1.11 bits per heavy atom. The number of ether oxygens (including phenoxy) is 1. The van der Waals surface area contributed by atoms with Gasteiger partial charge in [0.05, 0.1) is 16.9 Å². The molecule has 1 aromatic heterocycles. The highest BCUT2D eigenvalue weighted by molar-refractivity contribution is 6.34. The quantitative estimate of drug-likeness (QED) is 0.243. The predicted octanol–water partition coefficient (Wildman–Crippen LogP) is 7.87. The Morgan fingerprint density at radius 2 is 1.79 bits per heavy atom. The largest absolute Gasteiger partial charge is 0.478 e. The van der Waals surface area contributed by atoms with Crippen molar-refractivity contribution >= 4 is 41.1 Å². The normalized spacial score (nSPS) is 13.7. The molecule has 1 atom stereocenters. The van der Waals surface area contributed by atoms with Gasteiger partial charge in [0, 0.05) is 10.6 Å². The molecule has 2 N–H and O–H groups in total. The third kappa shape index (κ3) is 4.97. The molecule has 1 saturated carbocycles. The lowest BCUT2D eigenvalue weighted by atomic mass is 9.92. The van der Waals surface area contributed by atoms with Crippen LogP contribution in [0.1, 0.15) is 53.3 Å². The first-order chi connectivity index (χ1) is 18.3. The summed E-state index contributed by atoms with van der Waals surface area (Å²) in [5.41, 5.74) is 2.65. The van der Waals surface area contributed by atoms with Gasteiger partial charge in [0.25, 0.3) is 0 Å². The molecule has 0 saturated heterocycles. The lowest BCUT2D eigenvalue weighted by Crippen LogP contribution is -2.20. The number of nitrogens with one attached hydrogen (secondary N) is 1. The standard InChI is InChI=1S/C28H22Cl2FN3O4/c1-15(18-9-5-6-10-20(18)29)38-28(37)33-26-22(31)14-32-34(26)25-23(17-11-12-17)19(16-7-3-2-4-8-16)13-21(30)24(25)27(35)36/h2-10,13-15,17H,11-12H2,1H3,(H,33,37)(H,35,36)/t15-/m1/s1. The van der Waals surface area contributed by atoms with E-state index in [1.54, 1.807) is 37.3 Å². The molecule has 1 fully saturated rings. The number of rotatable bonds is 7. The number of carboxylic acid groups (broad SMARTS) is 1. The summed E-state index contributed by atoms with van der Waals surface area (Å²) in [5.74, 6) is -2.52. The van der Waals surface area contributed by atoms with Gasteiger partial charge in [-0.15, -0.1) is 0 Å². The number of hydrogen-bond donors (Lipinski definition) is 2. The van der Waals surface area contributed by atoms with Crippen LogP contribution in [-0.4, -0.2) is 26.9 Å². The Labute approximate surface area is 227 Å². The van der Waals surface area contributed by atoms with Gasteiger partial charge in [-0.3, -0.25) is 5.32 Å². The number of aromatic nitrogens is 2. The second-order valence-electron chi connectivity index (χ2n) is 8.94. The van der Waals surface area contributed by atoms with Crippen LogP contribution < -0.4 is 5.32 Å². The minimum atomic E-state index is -1.30. The molecule has 10 heteroatoms. The maximum atomic E-state index is 15.0. The van der Waals surface area contributed by atoms with E-state index in [9.17, 15) is 14.7 Å². The van der Waals surface area contributed by atoms with Gasteiger partial charge in [-0.2, -0.15) is 5.10 Å². The average molecular weight is 554 g/mol. The smallest absolute Gasteiger partial charge is 0.413 e. The molecule has 0 radical (unpaired) electrons. The van der Waals surface area contributed by atoms with Crippen LogP contribution in [-0.2, 0) is 4.74 Å². The summed E-state index contributed by atoms with van der Waals surface area (Å²) >= 11 is 12.7. The van der Waals surface area contributed by atoms with Crippen molar-refractivity contribution < 1.29 is 23.8 Å². The molecular weight excluding hydrogens is 532 g/mol. The Morgan fingerprint density at radius 3 is 2.45 bits per heavy atom. The SMILES string of the molecule is C[C@@H](OC(=O)Nc1c(F)cnn1-c1c(C(=O)O)c(Cl)cc(-c2ccccc2)c1C1CC1)c1ccccc1Cl. The van der Waals surface area contributed by atoms with E-state index >= 15 is 4.39 Å². The summed E-state index contributed by atoms with van der Waals surface area (Å²) in [5, 5.41) is 17.0. The first-order valence-corrected chi connectivity index (χ1v) is 12.6. The summed E-state index contributed by atoms with van der Waals surface area (Å²) in [6.45, 7) is 1.63. The van der Waals surface area contributed by atoms with E-state index < -0.39 is 24.0 Å². The van der Waals surface area contributed by atoms with E-state index in [4.69, 9.17) is 27.9 Å². The van der Waals surface area contributed by atoms with Gasteiger partial charge in [0.1, 0.15) is 11.7 Å². The maximum absolute atomic E-state index is 15.0. The topological polar surface area (TPSA) is 93.5 Å². The number of hydrogen-bond acceptors (Lipinski definition) is 4. The van der Waals surface area contributed by atoms with E-state index in [1.165, 1.54) is 0 Å². The minimum Gasteiger partial charge on any atom is -0.478 e. The van der Waals surface area contributed by atoms with Crippen LogP contribution in [0.15, 0.2) is 66.9 Å². The molecule has 0 spiro atoms. The third-order valence-corrected chi connectivity index (χ3v) is 7.00. The maximum Gasteiger partial charge on any atom is 0.413 e. The van der Waals surface area contributed by atoms with E-state index in [1.807, 2.05) is 30.3 Å². The van der Waals surface area contributed by atoms with Gasteiger partial charge in [-0.05, 0) is 54.5 Å². The molecule has 1 heterocycles. The summed E-state index contributed by atoms with van der Waals surface area (Å²) < 4.78 is 21.5. The zero-order valence-corrected chi connectivity index (χ0v) is 21.6. The molecule has 0 bridgehead atoms. The Balaban J connectivity index is 1.60. The number of halogens is 3. The molecule has 38 heavy (non-hydrogen) atoms. The van der Waals surface area contributed by atoms with E-state index in [2.05, 4.69) is 10.4 Å². The number of carbonyl (C=O) groups excluding carboxylic acids is 1. The number of carbonyl (C=O) groups is 2. The third-order valence-electron chi connectivity index (χ3n) is 6.36. The van der Waals surface area contributed by atoms with Gasteiger partial charge >= 0.3 is 12.1 Å². The highest BCUT2D eigenvalue weighted by Crippen LogP contribution is 2.50. The van der Waals surface area contributed by atoms with Crippen LogP contribution >= 0.6 is 23.2 Å². The van der Waals surface area contributed by atoms with Crippen molar-refractivity contribution in [3.8, 4) is 16.8 Å². The summed E-state index contributed by atoms with van der Waals surface area (Å²) in [7, 11) is 0. The first-order valence-electron chi connectivity index (χ1n) is 11.9. The van der Waals surface area contributed by atoms with Crippen molar-refractivity contribution in [1.29, 1.82) is 0 Å². The van der Waals surface area contributed by atoms with Crippen molar-refractivity contribution in [1.82, 2.24) is 9.78 Å². The number of amides is 1. The molecule has 7 nitrogen and oxygen atoms in total. The van der Waals surface area contributed by atoms with Gasteiger partial charge < -0.3 is 9.84 Å². The Bertz CT molecular complexity index is 1540. The van der Waals surface area contributed by atoms with Gasteiger partial charge in [0.2, 0.25) is 0 Å². The Kier molecular flexibility index (Phi) is 7.10. The molecule has 194 valence electrons. The van der Waals surface area contributed by atoms with Crippen molar-refractivity contribution in [3.63, 3.8) is 0 Å². The van der Waals surface area contributed by atoms with Crippen molar-refractivity contribution in [3.05, 3.63) is 99.4 Å². The molecule has 1 aliphatic carbocycles. The average Bonchev–Trinajstić information content (AvgIpc) is 3.67. The van der Waals surface area contributed by atoms with Crippen molar-refractivity contribution in [2.75, 3.05) is 5.32 Å².